The van der Waals surface area contributed by atoms with Gasteiger partial charge in [0.25, 0.3) is 0 Å². The Hall–Kier alpha value is -1.18. The minimum atomic E-state index is -3.48. The van der Waals surface area contributed by atoms with Gasteiger partial charge in [0.05, 0.1) is 5.69 Å². The van der Waals surface area contributed by atoms with Crippen LogP contribution in [0.5, 0.6) is 0 Å². The van der Waals surface area contributed by atoms with Gasteiger partial charge in [-0.25, -0.2) is 0 Å². The second kappa shape index (κ2) is 5.64. The summed E-state index contributed by atoms with van der Waals surface area (Å²) in [5.41, 5.74) is 6.14. The maximum atomic E-state index is 12.2. The Kier molecular flexibility index (Phi) is 4.15. The van der Waals surface area contributed by atoms with E-state index in [0.717, 1.165) is 12.8 Å². The van der Waals surface area contributed by atoms with Crippen LogP contribution in [-0.2, 0) is 10.2 Å². The lowest BCUT2D eigenvalue weighted by Gasteiger charge is -2.31. The molecule has 1 saturated heterocycles. The van der Waals surface area contributed by atoms with Gasteiger partial charge in [-0.3, -0.25) is 9.71 Å². The summed E-state index contributed by atoms with van der Waals surface area (Å²) in [5, 5.41) is 0. The highest BCUT2D eigenvalue weighted by molar-refractivity contribution is 7.90. The average Bonchev–Trinajstić information content (AvgIpc) is 2.39. The van der Waals surface area contributed by atoms with E-state index in [0.29, 0.717) is 25.3 Å². The van der Waals surface area contributed by atoms with E-state index < -0.39 is 10.2 Å². The van der Waals surface area contributed by atoms with Crippen LogP contribution in [0.25, 0.3) is 0 Å². The van der Waals surface area contributed by atoms with Crippen molar-refractivity contribution in [3.8, 4) is 0 Å². The zero-order valence-electron chi connectivity index (χ0n) is 10.1. The molecular formula is C11H18N4O2S. The summed E-state index contributed by atoms with van der Waals surface area (Å²) in [7, 11) is -3.48. The standard InChI is InChI=1S/C11H18N4O2S/c12-8-10-2-1-7-15(9-10)18(16,17)14-11-3-5-13-6-4-11/h3-6,10H,1-2,7-9,12H2,(H,13,14). The Balaban J connectivity index is 2.06. The zero-order valence-corrected chi connectivity index (χ0v) is 10.9. The van der Waals surface area contributed by atoms with E-state index in [1.54, 1.807) is 24.5 Å². The Morgan fingerprint density at radius 2 is 2.17 bits per heavy atom. The van der Waals surface area contributed by atoms with Crippen LogP contribution in [0.15, 0.2) is 24.5 Å². The highest BCUT2D eigenvalue weighted by atomic mass is 32.2. The normalized spacial score (nSPS) is 21.7. The van der Waals surface area contributed by atoms with Crippen molar-refractivity contribution < 1.29 is 8.42 Å². The number of anilines is 1. The molecule has 1 aliphatic rings. The Bertz CT molecular complexity index is 477. The number of nitrogens with two attached hydrogens (primary N) is 1. The van der Waals surface area contributed by atoms with Crippen LogP contribution in [0, 0.1) is 5.92 Å². The Labute approximate surface area is 107 Å². The summed E-state index contributed by atoms with van der Waals surface area (Å²) >= 11 is 0. The molecule has 0 amide bonds. The molecule has 1 aromatic rings. The predicted octanol–water partition coefficient (Wildman–Crippen LogP) is 0.409. The van der Waals surface area contributed by atoms with Crippen molar-refractivity contribution in [2.75, 3.05) is 24.4 Å². The Morgan fingerprint density at radius 1 is 1.44 bits per heavy atom. The van der Waals surface area contributed by atoms with Crippen molar-refractivity contribution >= 4 is 15.9 Å². The van der Waals surface area contributed by atoms with E-state index in [1.165, 1.54) is 4.31 Å². The highest BCUT2D eigenvalue weighted by Gasteiger charge is 2.28. The lowest BCUT2D eigenvalue weighted by atomic mass is 10.0. The van der Waals surface area contributed by atoms with Gasteiger partial charge in [0, 0.05) is 25.5 Å². The number of rotatable bonds is 4. The minimum absolute atomic E-state index is 0.257. The molecule has 2 heterocycles. The van der Waals surface area contributed by atoms with Crippen molar-refractivity contribution in [3.05, 3.63) is 24.5 Å². The maximum absolute atomic E-state index is 12.2. The number of aromatic nitrogens is 1. The molecule has 7 heteroatoms. The van der Waals surface area contributed by atoms with Crippen LogP contribution >= 0.6 is 0 Å². The highest BCUT2D eigenvalue weighted by Crippen LogP contribution is 2.19. The summed E-state index contributed by atoms with van der Waals surface area (Å²) in [6.45, 7) is 1.58. The summed E-state index contributed by atoms with van der Waals surface area (Å²) in [5.74, 6) is 0.257. The number of pyridine rings is 1. The molecule has 0 aromatic carbocycles. The SMILES string of the molecule is NCC1CCCN(S(=O)(=O)Nc2ccncc2)C1. The van der Waals surface area contributed by atoms with Gasteiger partial charge in [0.2, 0.25) is 0 Å². The number of hydrogen-bond donors (Lipinski definition) is 2. The largest absolute Gasteiger partial charge is 0.330 e. The molecule has 18 heavy (non-hydrogen) atoms. The van der Waals surface area contributed by atoms with E-state index in [2.05, 4.69) is 9.71 Å². The quantitative estimate of drug-likeness (QED) is 0.829. The lowest BCUT2D eigenvalue weighted by Crippen LogP contribution is -2.44. The molecule has 0 aliphatic carbocycles. The number of piperidine rings is 1. The van der Waals surface area contributed by atoms with E-state index in [-0.39, 0.29) is 5.92 Å². The van der Waals surface area contributed by atoms with Crippen molar-refractivity contribution in [2.45, 2.75) is 12.8 Å². The second-order valence-corrected chi connectivity index (χ2v) is 6.12. The van der Waals surface area contributed by atoms with Crippen LogP contribution < -0.4 is 10.5 Å². The molecule has 1 aliphatic heterocycles. The molecule has 0 radical (unpaired) electrons. The van der Waals surface area contributed by atoms with Gasteiger partial charge in [0.15, 0.2) is 0 Å². The van der Waals surface area contributed by atoms with Gasteiger partial charge in [-0.05, 0) is 37.4 Å². The number of nitrogens with zero attached hydrogens (tertiary/aromatic N) is 2. The molecule has 0 bridgehead atoms. The van der Waals surface area contributed by atoms with Crippen LogP contribution in [0.2, 0.25) is 0 Å². The van der Waals surface area contributed by atoms with E-state index in [9.17, 15) is 8.42 Å². The molecule has 0 spiro atoms. The van der Waals surface area contributed by atoms with Crippen molar-refractivity contribution in [1.29, 1.82) is 0 Å². The maximum Gasteiger partial charge on any atom is 0.301 e. The average molecular weight is 270 g/mol. The molecule has 1 aromatic heterocycles. The molecule has 100 valence electrons. The van der Waals surface area contributed by atoms with Gasteiger partial charge in [-0.2, -0.15) is 12.7 Å². The molecule has 6 nitrogen and oxygen atoms in total. The minimum Gasteiger partial charge on any atom is -0.330 e. The van der Waals surface area contributed by atoms with Gasteiger partial charge in [-0.15, -0.1) is 0 Å². The molecule has 2 rings (SSSR count). The van der Waals surface area contributed by atoms with Gasteiger partial charge in [-0.1, -0.05) is 0 Å². The first-order chi connectivity index (χ1) is 8.62. The third-order valence-corrected chi connectivity index (χ3v) is 4.59. The van der Waals surface area contributed by atoms with Crippen LogP contribution in [0.1, 0.15) is 12.8 Å². The van der Waals surface area contributed by atoms with E-state index in [4.69, 9.17) is 5.73 Å². The van der Waals surface area contributed by atoms with E-state index in [1.807, 2.05) is 0 Å². The first-order valence-electron chi connectivity index (χ1n) is 6.00. The fraction of sp³-hybridized carbons (Fsp3) is 0.545. The number of hydrogen-bond acceptors (Lipinski definition) is 4. The molecule has 3 N–H and O–H groups in total. The molecule has 0 saturated carbocycles. The number of nitrogens with one attached hydrogen (secondary N) is 1. The Morgan fingerprint density at radius 3 is 2.83 bits per heavy atom. The fourth-order valence-electron chi connectivity index (χ4n) is 2.07. The molecule has 1 unspecified atom stereocenters. The smallest absolute Gasteiger partial charge is 0.301 e. The molecule has 1 atom stereocenters. The fourth-order valence-corrected chi connectivity index (χ4v) is 3.41. The summed E-state index contributed by atoms with van der Waals surface area (Å²) in [4.78, 5) is 3.85. The van der Waals surface area contributed by atoms with E-state index >= 15 is 0 Å². The summed E-state index contributed by atoms with van der Waals surface area (Å²) in [6, 6.07) is 3.25. The molecule has 1 fully saturated rings. The van der Waals surface area contributed by atoms with Crippen LogP contribution in [0.3, 0.4) is 0 Å². The first kappa shape index (κ1) is 13.3. The van der Waals surface area contributed by atoms with Gasteiger partial charge >= 0.3 is 10.2 Å². The van der Waals surface area contributed by atoms with Crippen molar-refractivity contribution in [2.24, 2.45) is 11.7 Å². The van der Waals surface area contributed by atoms with Crippen molar-refractivity contribution in [3.63, 3.8) is 0 Å². The van der Waals surface area contributed by atoms with Crippen LogP contribution in [0.4, 0.5) is 5.69 Å². The topological polar surface area (TPSA) is 88.3 Å². The van der Waals surface area contributed by atoms with Gasteiger partial charge < -0.3 is 5.73 Å². The summed E-state index contributed by atoms with van der Waals surface area (Å²) < 4.78 is 28.4. The monoisotopic (exact) mass is 270 g/mol. The van der Waals surface area contributed by atoms with Crippen molar-refractivity contribution in [1.82, 2.24) is 9.29 Å². The third-order valence-electron chi connectivity index (χ3n) is 3.08. The summed E-state index contributed by atoms with van der Waals surface area (Å²) in [6.07, 6.45) is 4.96. The second-order valence-electron chi connectivity index (χ2n) is 4.44. The lowest BCUT2D eigenvalue weighted by molar-refractivity contribution is 0.273. The molecular weight excluding hydrogens is 252 g/mol. The first-order valence-corrected chi connectivity index (χ1v) is 7.44. The predicted molar refractivity (Wildman–Crippen MR) is 70.1 cm³/mol. The van der Waals surface area contributed by atoms with Crippen LogP contribution in [-0.4, -0.2) is 37.3 Å². The van der Waals surface area contributed by atoms with Gasteiger partial charge in [0.1, 0.15) is 0 Å². The third kappa shape index (κ3) is 3.18. The zero-order chi connectivity index (χ0) is 13.0.